The van der Waals surface area contributed by atoms with Crippen molar-refractivity contribution in [2.24, 2.45) is 11.8 Å². The minimum Gasteiger partial charge on any atom is -0.394 e. The highest BCUT2D eigenvalue weighted by atomic mass is 79.9. The molecule has 3 aliphatic rings. The van der Waals surface area contributed by atoms with Crippen LogP contribution in [0.15, 0.2) is 84.9 Å². The quantitative estimate of drug-likeness (QED) is 0.298. The molecule has 7 nitrogen and oxygen atoms in total. The van der Waals surface area contributed by atoms with Crippen LogP contribution in [0, 0.1) is 11.8 Å². The van der Waals surface area contributed by atoms with E-state index < -0.39 is 28.7 Å². The molecule has 1 spiro atoms. The summed E-state index contributed by atoms with van der Waals surface area (Å²) in [5.74, 6) is -2.19. The summed E-state index contributed by atoms with van der Waals surface area (Å²) in [6.07, 6.45) is 0.926. The van der Waals surface area contributed by atoms with Crippen LogP contribution in [0.2, 0.25) is 5.02 Å². The molecule has 3 aromatic carbocycles. The van der Waals surface area contributed by atoms with Crippen LogP contribution in [-0.2, 0) is 20.8 Å². The number of para-hydroxylation sites is 1. The molecular weight excluding hydrogens is 626 g/mol. The number of halogens is 2. The predicted octanol–water partition coefficient (Wildman–Crippen LogP) is 4.99. The molecule has 212 valence electrons. The van der Waals surface area contributed by atoms with Crippen molar-refractivity contribution < 1.29 is 19.5 Å². The molecule has 3 aliphatic heterocycles. The van der Waals surface area contributed by atoms with E-state index in [-0.39, 0.29) is 34.4 Å². The summed E-state index contributed by atoms with van der Waals surface area (Å²) >= 11 is 11.4. The van der Waals surface area contributed by atoms with Crippen molar-refractivity contribution >= 4 is 68.4 Å². The molecule has 0 radical (unpaired) electrons. The van der Waals surface area contributed by atoms with E-state index in [2.05, 4.69) is 26.6 Å². The van der Waals surface area contributed by atoms with E-state index in [1.165, 1.54) is 0 Å². The van der Waals surface area contributed by atoms with Crippen LogP contribution in [0.25, 0.3) is 0 Å². The largest absolute Gasteiger partial charge is 0.394 e. The smallest absolute Gasteiger partial charge is 0.248 e. The average Bonchev–Trinajstić information content (AvgIpc) is 3.57. The second-order valence-corrected chi connectivity index (χ2v) is 13.9. The Morgan fingerprint density at radius 1 is 0.976 bits per heavy atom. The molecule has 3 fully saturated rings. The van der Waals surface area contributed by atoms with Crippen LogP contribution in [-0.4, -0.2) is 61.2 Å². The van der Waals surface area contributed by atoms with Crippen LogP contribution in [0.4, 0.5) is 11.4 Å². The number of nitrogens with zero attached hydrogens (tertiary/aromatic N) is 1. The number of thioether (sulfide) groups is 1. The standard InChI is InChI=1S/C31H29BrClN3O4S/c32-23-16-31-25(24(26(23)41-31)28(38)34-20-9-5-2-6-10-20)30(40)36(22(17-37)15-18-7-3-1-4-8-18)27(31)29(39)35-21-13-11-19(33)12-14-21/h1-14,22-27,37H,15-17H2,(H,34,38)(H,35,39)/t22-,23?,24+,25+,26+,27?,31?/m1/s1. The first-order valence-corrected chi connectivity index (χ1v) is 15.7. The zero-order chi connectivity index (χ0) is 28.7. The lowest BCUT2D eigenvalue weighted by Crippen LogP contribution is -2.55. The lowest BCUT2D eigenvalue weighted by atomic mass is 9.70. The summed E-state index contributed by atoms with van der Waals surface area (Å²) < 4.78 is -0.838. The van der Waals surface area contributed by atoms with E-state index in [0.29, 0.717) is 29.2 Å². The first kappa shape index (κ1) is 28.3. The minimum absolute atomic E-state index is 0.0597. The van der Waals surface area contributed by atoms with Crippen molar-refractivity contribution in [3.63, 3.8) is 0 Å². The third-order valence-electron chi connectivity index (χ3n) is 8.35. The summed E-state index contributed by atoms with van der Waals surface area (Å²) in [7, 11) is 0. The maximum atomic E-state index is 14.5. The van der Waals surface area contributed by atoms with Gasteiger partial charge in [-0.05, 0) is 54.8 Å². The number of carbonyl (C=O) groups excluding carboxylic acids is 3. The van der Waals surface area contributed by atoms with Gasteiger partial charge in [-0.25, -0.2) is 0 Å². The Hall–Kier alpha value is -2.85. The van der Waals surface area contributed by atoms with Crippen LogP contribution >= 0.6 is 39.3 Å². The van der Waals surface area contributed by atoms with Crippen molar-refractivity contribution in [1.82, 2.24) is 4.90 Å². The van der Waals surface area contributed by atoms with E-state index in [9.17, 15) is 19.5 Å². The Kier molecular flexibility index (Phi) is 7.89. The Morgan fingerprint density at radius 2 is 1.59 bits per heavy atom. The highest BCUT2D eigenvalue weighted by Crippen LogP contribution is 2.68. The zero-order valence-corrected chi connectivity index (χ0v) is 25.1. The number of rotatable bonds is 8. The molecule has 0 aromatic heterocycles. The Balaban J connectivity index is 1.39. The number of likely N-dealkylation sites (tertiary alicyclic amines) is 1. The molecule has 3 aromatic rings. The number of aliphatic hydroxyl groups is 1. The molecular formula is C31H29BrClN3O4S. The topological polar surface area (TPSA) is 98.7 Å². The molecule has 3 N–H and O–H groups in total. The number of nitrogens with one attached hydrogen (secondary N) is 2. The first-order chi connectivity index (χ1) is 19.8. The summed E-state index contributed by atoms with van der Waals surface area (Å²) in [4.78, 5) is 43.9. The molecule has 41 heavy (non-hydrogen) atoms. The lowest BCUT2D eigenvalue weighted by Gasteiger charge is -2.37. The highest BCUT2D eigenvalue weighted by molar-refractivity contribution is 9.09. The number of hydrogen-bond acceptors (Lipinski definition) is 5. The Labute approximate surface area is 256 Å². The van der Waals surface area contributed by atoms with Gasteiger partial charge in [0, 0.05) is 26.5 Å². The molecule has 0 aliphatic carbocycles. The van der Waals surface area contributed by atoms with E-state index >= 15 is 0 Å². The molecule has 3 saturated heterocycles. The second-order valence-electron chi connectivity index (χ2n) is 10.8. The third kappa shape index (κ3) is 5.07. The average molecular weight is 655 g/mol. The summed E-state index contributed by atoms with van der Waals surface area (Å²) in [6, 6.07) is 24.1. The zero-order valence-electron chi connectivity index (χ0n) is 22.0. The van der Waals surface area contributed by atoms with Gasteiger partial charge in [0.25, 0.3) is 0 Å². The predicted molar refractivity (Wildman–Crippen MR) is 165 cm³/mol. The lowest BCUT2D eigenvalue weighted by molar-refractivity contribution is -0.141. The molecule has 3 amide bonds. The number of amides is 3. The fourth-order valence-electron chi connectivity index (χ4n) is 6.69. The Bertz CT molecular complexity index is 1450. The number of carbonyl (C=O) groups is 3. The van der Waals surface area contributed by atoms with Gasteiger partial charge < -0.3 is 20.6 Å². The van der Waals surface area contributed by atoms with E-state index in [4.69, 9.17) is 11.6 Å². The molecule has 6 rings (SSSR count). The number of hydrogen-bond donors (Lipinski definition) is 3. The van der Waals surface area contributed by atoms with E-state index in [1.807, 2.05) is 60.7 Å². The Morgan fingerprint density at radius 3 is 2.24 bits per heavy atom. The fraction of sp³-hybridized carbons (Fsp3) is 0.323. The normalized spacial score (nSPS) is 28.8. The molecule has 10 heteroatoms. The molecule has 2 bridgehead atoms. The summed E-state index contributed by atoms with van der Waals surface area (Å²) in [6.45, 7) is -0.319. The summed E-state index contributed by atoms with van der Waals surface area (Å²) in [5.41, 5.74) is 2.16. The van der Waals surface area contributed by atoms with Gasteiger partial charge in [0.1, 0.15) is 6.04 Å². The number of anilines is 2. The van der Waals surface area contributed by atoms with Crippen molar-refractivity contribution in [2.45, 2.75) is 39.7 Å². The van der Waals surface area contributed by atoms with Gasteiger partial charge >= 0.3 is 0 Å². The van der Waals surface area contributed by atoms with Crippen molar-refractivity contribution in [2.75, 3.05) is 17.2 Å². The molecule has 7 atom stereocenters. The maximum absolute atomic E-state index is 14.5. The third-order valence-corrected chi connectivity index (χ3v) is 11.8. The number of fused-ring (bicyclic) bond motifs is 1. The van der Waals surface area contributed by atoms with Crippen molar-refractivity contribution in [3.05, 3.63) is 95.5 Å². The first-order valence-electron chi connectivity index (χ1n) is 13.5. The van der Waals surface area contributed by atoms with Gasteiger partial charge in [-0.15, -0.1) is 11.8 Å². The van der Waals surface area contributed by atoms with Crippen LogP contribution < -0.4 is 10.6 Å². The van der Waals surface area contributed by atoms with Gasteiger partial charge in [0.2, 0.25) is 17.7 Å². The number of benzene rings is 3. The van der Waals surface area contributed by atoms with Crippen molar-refractivity contribution in [1.29, 1.82) is 0 Å². The SMILES string of the molecule is O=C(Nc1ccc(Cl)cc1)C1N([C@@H](CO)Cc2ccccc2)C(=O)[C@@H]2[C@H](C(=O)Nc3ccccc3)[C@H]3SC12CC3Br. The molecule has 0 saturated carbocycles. The minimum atomic E-state index is -0.888. The number of aliphatic hydroxyl groups excluding tert-OH is 1. The molecule has 3 unspecified atom stereocenters. The monoisotopic (exact) mass is 653 g/mol. The van der Waals surface area contributed by atoms with Crippen molar-refractivity contribution in [3.8, 4) is 0 Å². The molecule has 3 heterocycles. The fourth-order valence-corrected chi connectivity index (χ4v) is 10.4. The summed E-state index contributed by atoms with van der Waals surface area (Å²) in [5, 5.41) is 17.0. The van der Waals surface area contributed by atoms with Crippen LogP contribution in [0.1, 0.15) is 12.0 Å². The van der Waals surface area contributed by atoms with Crippen LogP contribution in [0.3, 0.4) is 0 Å². The van der Waals surface area contributed by atoms with E-state index in [0.717, 1.165) is 5.56 Å². The van der Waals surface area contributed by atoms with Gasteiger partial charge in [0.05, 0.1) is 29.2 Å². The van der Waals surface area contributed by atoms with Crippen LogP contribution in [0.5, 0.6) is 0 Å². The van der Waals surface area contributed by atoms with Gasteiger partial charge in [0.15, 0.2) is 0 Å². The highest BCUT2D eigenvalue weighted by Gasteiger charge is 2.76. The van der Waals surface area contributed by atoms with Gasteiger partial charge in [-0.2, -0.15) is 0 Å². The van der Waals surface area contributed by atoms with Gasteiger partial charge in [-0.1, -0.05) is 76.1 Å². The second kappa shape index (κ2) is 11.4. The van der Waals surface area contributed by atoms with E-state index in [1.54, 1.807) is 40.9 Å². The maximum Gasteiger partial charge on any atom is 0.248 e. The van der Waals surface area contributed by atoms with Gasteiger partial charge in [-0.3, -0.25) is 14.4 Å². The number of alkyl halides is 1.